The molecule has 0 saturated heterocycles. The highest BCUT2D eigenvalue weighted by Crippen LogP contribution is 2.33. The molecule has 0 bridgehead atoms. The molecular weight excluding hydrogens is 391 g/mol. The second-order valence-corrected chi connectivity index (χ2v) is 6.81. The van der Waals surface area contributed by atoms with Crippen molar-refractivity contribution in [3.63, 3.8) is 0 Å². The van der Waals surface area contributed by atoms with Crippen LogP contribution in [0.25, 0.3) is 0 Å². The topological polar surface area (TPSA) is 67.9 Å². The maximum Gasteiger partial charge on any atom is 0.254 e. The zero-order valence-electron chi connectivity index (χ0n) is 14.6. The van der Waals surface area contributed by atoms with Crippen LogP contribution in [0.2, 0.25) is 10.0 Å². The van der Waals surface area contributed by atoms with E-state index in [4.69, 9.17) is 32.7 Å². The van der Waals surface area contributed by atoms with E-state index in [1.165, 1.54) is 4.90 Å². The highest BCUT2D eigenvalue weighted by molar-refractivity contribution is 6.36. The van der Waals surface area contributed by atoms with Gasteiger partial charge in [-0.2, -0.15) is 0 Å². The van der Waals surface area contributed by atoms with Crippen LogP contribution in [0.3, 0.4) is 0 Å². The number of amides is 2. The van der Waals surface area contributed by atoms with Crippen LogP contribution >= 0.6 is 23.2 Å². The van der Waals surface area contributed by atoms with Crippen molar-refractivity contribution in [3.05, 3.63) is 52.0 Å². The third-order valence-electron chi connectivity index (χ3n) is 3.94. The van der Waals surface area contributed by atoms with Gasteiger partial charge in [-0.15, -0.1) is 0 Å². The lowest BCUT2D eigenvalue weighted by Gasteiger charge is -2.22. The van der Waals surface area contributed by atoms with Gasteiger partial charge in [-0.1, -0.05) is 30.1 Å². The van der Waals surface area contributed by atoms with Crippen molar-refractivity contribution in [2.24, 2.45) is 0 Å². The Balaban J connectivity index is 1.71. The van der Waals surface area contributed by atoms with E-state index in [-0.39, 0.29) is 25.2 Å². The number of nitrogens with one attached hydrogen (secondary N) is 1. The number of nitrogens with zero attached hydrogens (tertiary/aromatic N) is 1. The van der Waals surface area contributed by atoms with Gasteiger partial charge in [0.15, 0.2) is 11.5 Å². The zero-order valence-corrected chi connectivity index (χ0v) is 16.1. The number of benzene rings is 2. The van der Waals surface area contributed by atoms with E-state index in [0.29, 0.717) is 45.8 Å². The number of ether oxygens (including phenoxy) is 2. The first-order valence-electron chi connectivity index (χ1n) is 8.41. The van der Waals surface area contributed by atoms with E-state index >= 15 is 0 Å². The molecule has 2 amide bonds. The van der Waals surface area contributed by atoms with Crippen LogP contribution in [-0.4, -0.2) is 36.6 Å². The van der Waals surface area contributed by atoms with Crippen molar-refractivity contribution in [2.45, 2.75) is 13.3 Å². The number of halogens is 2. The molecule has 1 aliphatic heterocycles. The second kappa shape index (κ2) is 8.50. The van der Waals surface area contributed by atoms with Gasteiger partial charge in [0.25, 0.3) is 5.91 Å². The quantitative estimate of drug-likeness (QED) is 0.776. The molecule has 2 aromatic rings. The van der Waals surface area contributed by atoms with Crippen molar-refractivity contribution in [1.82, 2.24) is 4.90 Å². The Kier molecular flexibility index (Phi) is 6.08. The summed E-state index contributed by atoms with van der Waals surface area (Å²) in [5.41, 5.74) is 0.878. The molecule has 0 aliphatic carbocycles. The van der Waals surface area contributed by atoms with E-state index < -0.39 is 0 Å². The number of anilines is 1. The summed E-state index contributed by atoms with van der Waals surface area (Å²) in [5.74, 6) is 0.521. The Morgan fingerprint density at radius 2 is 1.89 bits per heavy atom. The lowest BCUT2D eigenvalue weighted by molar-refractivity contribution is -0.116. The highest BCUT2D eigenvalue weighted by atomic mass is 35.5. The predicted molar refractivity (Wildman–Crippen MR) is 104 cm³/mol. The van der Waals surface area contributed by atoms with Crippen molar-refractivity contribution < 1.29 is 19.1 Å². The number of carbonyl (C=O) groups is 2. The molecule has 27 heavy (non-hydrogen) atoms. The van der Waals surface area contributed by atoms with Crippen LogP contribution in [0.5, 0.6) is 11.5 Å². The lowest BCUT2D eigenvalue weighted by Crippen LogP contribution is -2.38. The fourth-order valence-corrected chi connectivity index (χ4v) is 3.14. The first kappa shape index (κ1) is 19.3. The first-order valence-corrected chi connectivity index (χ1v) is 9.17. The summed E-state index contributed by atoms with van der Waals surface area (Å²) in [6.45, 7) is 2.42. The Morgan fingerprint density at radius 1 is 1.11 bits per heavy atom. The van der Waals surface area contributed by atoms with Crippen LogP contribution in [0, 0.1) is 0 Å². The fourth-order valence-electron chi connectivity index (χ4n) is 2.69. The molecule has 8 heteroatoms. The summed E-state index contributed by atoms with van der Waals surface area (Å²) in [4.78, 5) is 26.7. The molecule has 0 unspecified atom stereocenters. The Hall–Kier alpha value is -2.44. The van der Waals surface area contributed by atoms with E-state index in [1.807, 2.05) is 6.92 Å². The SMILES string of the molecule is CCCN(CC(=O)Nc1ccc(Cl)cc1Cl)C(=O)c1ccc2c(c1)OCO2. The molecule has 142 valence electrons. The summed E-state index contributed by atoms with van der Waals surface area (Å²) in [7, 11) is 0. The van der Waals surface area contributed by atoms with Crippen molar-refractivity contribution in [1.29, 1.82) is 0 Å². The summed E-state index contributed by atoms with van der Waals surface area (Å²) in [6, 6.07) is 9.76. The van der Waals surface area contributed by atoms with E-state index in [0.717, 1.165) is 0 Å². The molecule has 1 heterocycles. The van der Waals surface area contributed by atoms with E-state index in [1.54, 1.807) is 36.4 Å². The third kappa shape index (κ3) is 4.64. The fraction of sp³-hybridized carbons (Fsp3) is 0.263. The maximum absolute atomic E-state index is 12.8. The van der Waals surface area contributed by atoms with Gasteiger partial charge in [0.05, 0.1) is 10.7 Å². The molecule has 3 rings (SSSR count). The van der Waals surface area contributed by atoms with Crippen LogP contribution in [0.1, 0.15) is 23.7 Å². The summed E-state index contributed by atoms with van der Waals surface area (Å²) in [5, 5.41) is 3.52. The first-order chi connectivity index (χ1) is 13.0. The van der Waals surface area contributed by atoms with Crippen LogP contribution in [-0.2, 0) is 4.79 Å². The minimum absolute atomic E-state index is 0.0972. The molecular formula is C19H18Cl2N2O4. The number of fused-ring (bicyclic) bond motifs is 1. The Bertz CT molecular complexity index is 873. The number of carbonyl (C=O) groups excluding carboxylic acids is 2. The standard InChI is InChI=1S/C19H18Cl2N2O4/c1-2-7-23(10-18(24)22-15-5-4-13(20)9-14(15)21)19(25)12-3-6-16-17(8-12)27-11-26-16/h3-6,8-9H,2,7,10-11H2,1H3,(H,22,24). The van der Waals surface area contributed by atoms with Gasteiger partial charge in [-0.3, -0.25) is 9.59 Å². The Morgan fingerprint density at radius 3 is 2.63 bits per heavy atom. The van der Waals surface area contributed by atoms with Gasteiger partial charge in [-0.05, 0) is 42.8 Å². The molecule has 0 atom stereocenters. The predicted octanol–water partition coefficient (Wildman–Crippen LogP) is 4.21. The molecule has 0 aromatic heterocycles. The molecule has 0 saturated carbocycles. The Labute approximate surface area is 167 Å². The lowest BCUT2D eigenvalue weighted by atomic mass is 10.1. The minimum Gasteiger partial charge on any atom is -0.454 e. The normalized spacial score (nSPS) is 12.0. The maximum atomic E-state index is 12.8. The van der Waals surface area contributed by atoms with Gasteiger partial charge in [0, 0.05) is 17.1 Å². The largest absolute Gasteiger partial charge is 0.454 e. The van der Waals surface area contributed by atoms with Crippen molar-refractivity contribution in [2.75, 3.05) is 25.2 Å². The molecule has 0 spiro atoms. The van der Waals surface area contributed by atoms with Gasteiger partial charge in [-0.25, -0.2) is 0 Å². The number of hydrogen-bond acceptors (Lipinski definition) is 4. The molecule has 2 aromatic carbocycles. The van der Waals surface area contributed by atoms with E-state index in [9.17, 15) is 9.59 Å². The van der Waals surface area contributed by atoms with Crippen LogP contribution in [0.15, 0.2) is 36.4 Å². The summed E-state index contributed by atoms with van der Waals surface area (Å²) in [6.07, 6.45) is 0.714. The molecule has 0 radical (unpaired) electrons. The average Bonchev–Trinajstić information content (AvgIpc) is 3.11. The molecule has 6 nitrogen and oxygen atoms in total. The molecule has 1 aliphatic rings. The minimum atomic E-state index is -0.346. The smallest absolute Gasteiger partial charge is 0.254 e. The van der Waals surface area contributed by atoms with Gasteiger partial charge >= 0.3 is 0 Å². The molecule has 0 fully saturated rings. The summed E-state index contributed by atoms with van der Waals surface area (Å²) >= 11 is 11.9. The molecule has 1 N–H and O–H groups in total. The van der Waals surface area contributed by atoms with Gasteiger partial charge in [0.1, 0.15) is 6.54 Å². The number of hydrogen-bond donors (Lipinski definition) is 1. The van der Waals surface area contributed by atoms with Gasteiger partial charge < -0.3 is 19.7 Å². The monoisotopic (exact) mass is 408 g/mol. The van der Waals surface area contributed by atoms with Crippen molar-refractivity contribution in [3.8, 4) is 11.5 Å². The average molecular weight is 409 g/mol. The van der Waals surface area contributed by atoms with Gasteiger partial charge in [0.2, 0.25) is 12.7 Å². The third-order valence-corrected chi connectivity index (χ3v) is 4.49. The number of rotatable bonds is 6. The van der Waals surface area contributed by atoms with Crippen LogP contribution < -0.4 is 14.8 Å². The summed E-state index contributed by atoms with van der Waals surface area (Å²) < 4.78 is 10.6. The zero-order chi connectivity index (χ0) is 19.4. The van der Waals surface area contributed by atoms with Crippen molar-refractivity contribution >= 4 is 40.7 Å². The van der Waals surface area contributed by atoms with E-state index in [2.05, 4.69) is 5.32 Å². The highest BCUT2D eigenvalue weighted by Gasteiger charge is 2.22. The van der Waals surface area contributed by atoms with Crippen LogP contribution in [0.4, 0.5) is 5.69 Å². The second-order valence-electron chi connectivity index (χ2n) is 5.97.